The molecule has 3 nitrogen and oxygen atoms in total. The van der Waals surface area contributed by atoms with Gasteiger partial charge in [0.1, 0.15) is 5.75 Å². The quantitative estimate of drug-likeness (QED) is 0.465. The fourth-order valence-corrected chi connectivity index (χ4v) is 4.35. The summed E-state index contributed by atoms with van der Waals surface area (Å²) in [5.74, 6) is 0.883. The number of benzene rings is 3. The molecule has 0 saturated heterocycles. The molecule has 27 heavy (non-hydrogen) atoms. The summed E-state index contributed by atoms with van der Waals surface area (Å²) in [6.45, 7) is 0. The molecule has 134 valence electrons. The van der Waals surface area contributed by atoms with Gasteiger partial charge in [0.25, 0.3) is 0 Å². The second kappa shape index (κ2) is 6.70. The molecule has 5 heteroatoms. The van der Waals surface area contributed by atoms with Gasteiger partial charge in [-0.3, -0.25) is 0 Å². The van der Waals surface area contributed by atoms with Crippen molar-refractivity contribution in [3.05, 3.63) is 99.0 Å². The molecular weight excluding hydrogens is 424 g/mol. The summed E-state index contributed by atoms with van der Waals surface area (Å²) in [5.41, 5.74) is 4.27. The maximum atomic E-state index is 6.49. The van der Waals surface area contributed by atoms with Crippen LogP contribution in [0.5, 0.6) is 5.75 Å². The fourth-order valence-electron chi connectivity index (χ4n) is 3.74. The van der Waals surface area contributed by atoms with Crippen LogP contribution in [0.1, 0.15) is 35.4 Å². The molecule has 0 fully saturated rings. The first-order valence-corrected chi connectivity index (χ1v) is 9.99. The first-order chi connectivity index (χ1) is 13.2. The summed E-state index contributed by atoms with van der Waals surface area (Å²) in [6.07, 6.45) is 0.483. The molecule has 0 N–H and O–H groups in total. The van der Waals surface area contributed by atoms with Gasteiger partial charge in [-0.25, -0.2) is 5.01 Å². The summed E-state index contributed by atoms with van der Waals surface area (Å²) in [4.78, 5) is 0. The van der Waals surface area contributed by atoms with E-state index in [1.165, 1.54) is 0 Å². The van der Waals surface area contributed by atoms with Gasteiger partial charge in [-0.2, -0.15) is 5.10 Å². The SMILES string of the molecule is Clc1ccccc1[C@@H]1Oc2ccc(Br)cc2[C@H]2CC(c3ccccc3)=NN21. The minimum Gasteiger partial charge on any atom is -0.464 e. The topological polar surface area (TPSA) is 24.8 Å². The third-order valence-electron chi connectivity index (χ3n) is 5.03. The average molecular weight is 440 g/mol. The van der Waals surface area contributed by atoms with E-state index in [2.05, 4.69) is 39.1 Å². The number of rotatable bonds is 2. The molecule has 2 atom stereocenters. The zero-order chi connectivity index (χ0) is 18.4. The van der Waals surface area contributed by atoms with Gasteiger partial charge in [0, 0.05) is 27.0 Å². The van der Waals surface area contributed by atoms with Crippen molar-refractivity contribution in [1.82, 2.24) is 5.01 Å². The van der Waals surface area contributed by atoms with Crippen LogP contribution in [-0.4, -0.2) is 10.7 Å². The fraction of sp³-hybridized carbons (Fsp3) is 0.136. The largest absolute Gasteiger partial charge is 0.464 e. The first kappa shape index (κ1) is 16.8. The molecule has 0 spiro atoms. The summed E-state index contributed by atoms with van der Waals surface area (Å²) < 4.78 is 7.40. The Kier molecular flexibility index (Phi) is 4.18. The minimum atomic E-state index is -0.349. The molecule has 0 saturated carbocycles. The number of ether oxygens (including phenoxy) is 1. The maximum Gasteiger partial charge on any atom is 0.215 e. The van der Waals surface area contributed by atoms with Crippen LogP contribution in [0, 0.1) is 0 Å². The van der Waals surface area contributed by atoms with Crippen molar-refractivity contribution in [1.29, 1.82) is 0 Å². The molecule has 5 rings (SSSR count). The van der Waals surface area contributed by atoms with E-state index in [-0.39, 0.29) is 12.3 Å². The van der Waals surface area contributed by atoms with Gasteiger partial charge in [-0.1, -0.05) is 76.1 Å². The Balaban J connectivity index is 1.64. The molecule has 2 aliphatic rings. The first-order valence-electron chi connectivity index (χ1n) is 8.82. The third-order valence-corrected chi connectivity index (χ3v) is 5.87. The molecule has 3 aromatic rings. The highest BCUT2D eigenvalue weighted by Gasteiger charge is 2.41. The van der Waals surface area contributed by atoms with Crippen LogP contribution in [0.2, 0.25) is 5.02 Å². The number of hydrogen-bond donors (Lipinski definition) is 0. The standard InChI is InChI=1S/C22H16BrClN2O/c23-15-10-11-21-17(12-15)20-13-19(14-6-2-1-3-7-14)25-26(20)22(27-21)16-8-4-5-9-18(16)24/h1-12,20,22H,13H2/t20-,22+/m1/s1. The Morgan fingerprint density at radius 2 is 1.74 bits per heavy atom. The van der Waals surface area contributed by atoms with E-state index < -0.39 is 0 Å². The lowest BCUT2D eigenvalue weighted by molar-refractivity contribution is -0.0190. The van der Waals surface area contributed by atoms with Gasteiger partial charge in [0.15, 0.2) is 0 Å². The van der Waals surface area contributed by atoms with E-state index in [1.54, 1.807) is 0 Å². The van der Waals surface area contributed by atoms with Gasteiger partial charge in [0.05, 0.1) is 11.8 Å². The lowest BCUT2D eigenvalue weighted by Crippen LogP contribution is -2.33. The van der Waals surface area contributed by atoms with Crippen LogP contribution < -0.4 is 4.74 Å². The number of hydrazone groups is 1. The number of fused-ring (bicyclic) bond motifs is 3. The van der Waals surface area contributed by atoms with Crippen molar-refractivity contribution in [2.24, 2.45) is 5.10 Å². The molecule has 3 aromatic carbocycles. The van der Waals surface area contributed by atoms with Crippen LogP contribution in [0.25, 0.3) is 0 Å². The lowest BCUT2D eigenvalue weighted by atomic mass is 9.96. The van der Waals surface area contributed by atoms with Gasteiger partial charge >= 0.3 is 0 Å². The number of hydrogen-bond acceptors (Lipinski definition) is 3. The number of halogens is 2. The predicted octanol–water partition coefficient (Wildman–Crippen LogP) is 6.34. The maximum absolute atomic E-state index is 6.49. The van der Waals surface area contributed by atoms with Crippen LogP contribution >= 0.6 is 27.5 Å². The minimum absolute atomic E-state index is 0.114. The van der Waals surface area contributed by atoms with E-state index >= 15 is 0 Å². The van der Waals surface area contributed by atoms with E-state index in [4.69, 9.17) is 21.4 Å². The summed E-state index contributed by atoms with van der Waals surface area (Å²) in [6, 6.07) is 24.4. The van der Waals surface area contributed by atoms with E-state index in [9.17, 15) is 0 Å². The van der Waals surface area contributed by atoms with Gasteiger partial charge in [-0.05, 0) is 29.8 Å². The van der Waals surface area contributed by atoms with Crippen LogP contribution in [0.15, 0.2) is 82.4 Å². The molecule has 0 amide bonds. The molecule has 0 unspecified atom stereocenters. The smallest absolute Gasteiger partial charge is 0.215 e. The molecule has 0 aromatic heterocycles. The highest BCUT2D eigenvalue weighted by Crippen LogP contribution is 2.49. The molecule has 2 aliphatic heterocycles. The highest BCUT2D eigenvalue weighted by molar-refractivity contribution is 9.10. The zero-order valence-electron chi connectivity index (χ0n) is 14.3. The third kappa shape index (κ3) is 2.93. The Hall–Kier alpha value is -2.30. The molecule has 0 bridgehead atoms. The van der Waals surface area contributed by atoms with Crippen molar-refractivity contribution in [2.75, 3.05) is 0 Å². The second-order valence-electron chi connectivity index (χ2n) is 6.69. The monoisotopic (exact) mass is 438 g/mol. The van der Waals surface area contributed by atoms with Crippen molar-refractivity contribution in [2.45, 2.75) is 18.7 Å². The number of nitrogens with zero attached hydrogens (tertiary/aromatic N) is 2. The summed E-state index contributed by atoms with van der Waals surface area (Å²) in [5, 5.41) is 7.70. The molecule has 0 radical (unpaired) electrons. The predicted molar refractivity (Wildman–Crippen MR) is 111 cm³/mol. The highest BCUT2D eigenvalue weighted by atomic mass is 79.9. The summed E-state index contributed by atoms with van der Waals surface area (Å²) >= 11 is 10.1. The Bertz CT molecular complexity index is 1040. The normalized spacial score (nSPS) is 20.5. The molecule has 0 aliphatic carbocycles. The van der Waals surface area contributed by atoms with E-state index in [1.807, 2.05) is 54.6 Å². The summed E-state index contributed by atoms with van der Waals surface area (Å²) in [7, 11) is 0. The van der Waals surface area contributed by atoms with Crippen molar-refractivity contribution < 1.29 is 4.74 Å². The van der Waals surface area contributed by atoms with Crippen molar-refractivity contribution in [3.63, 3.8) is 0 Å². The van der Waals surface area contributed by atoms with E-state index in [0.29, 0.717) is 5.02 Å². The molecule has 2 heterocycles. The average Bonchev–Trinajstić information content (AvgIpc) is 3.15. The van der Waals surface area contributed by atoms with Crippen LogP contribution in [0.4, 0.5) is 0 Å². The van der Waals surface area contributed by atoms with Gasteiger partial charge in [0.2, 0.25) is 6.23 Å². The Labute approximate surface area is 171 Å². The van der Waals surface area contributed by atoms with Crippen LogP contribution in [-0.2, 0) is 0 Å². The van der Waals surface area contributed by atoms with Crippen molar-refractivity contribution in [3.8, 4) is 5.75 Å². The molecular formula is C22H16BrClN2O. The Morgan fingerprint density at radius 1 is 0.963 bits per heavy atom. The lowest BCUT2D eigenvalue weighted by Gasteiger charge is -2.38. The second-order valence-corrected chi connectivity index (χ2v) is 8.01. The van der Waals surface area contributed by atoms with Crippen LogP contribution in [0.3, 0.4) is 0 Å². The van der Waals surface area contributed by atoms with E-state index in [0.717, 1.165) is 39.0 Å². The van der Waals surface area contributed by atoms with Gasteiger partial charge in [-0.15, -0.1) is 0 Å². The Morgan fingerprint density at radius 3 is 2.56 bits per heavy atom. The van der Waals surface area contributed by atoms with Gasteiger partial charge < -0.3 is 4.74 Å². The zero-order valence-corrected chi connectivity index (χ0v) is 16.7. The van der Waals surface area contributed by atoms with Crippen molar-refractivity contribution >= 4 is 33.2 Å².